The van der Waals surface area contributed by atoms with Gasteiger partial charge in [0, 0.05) is 19.2 Å². The van der Waals surface area contributed by atoms with Crippen LogP contribution >= 0.6 is 23.2 Å². The van der Waals surface area contributed by atoms with Crippen LogP contribution in [-0.2, 0) is 4.74 Å². The lowest BCUT2D eigenvalue weighted by Crippen LogP contribution is -2.37. The molecule has 0 radical (unpaired) electrons. The molecule has 0 aromatic carbocycles. The molecule has 0 atom stereocenters. The zero-order valence-corrected chi connectivity index (χ0v) is 8.92. The van der Waals surface area contributed by atoms with Gasteiger partial charge >= 0.3 is 0 Å². The molecule has 0 bridgehead atoms. The molecule has 1 saturated heterocycles. The predicted octanol–water partition coefficient (Wildman–Crippen LogP) is 1.62. The molecule has 0 N–H and O–H groups in total. The molecule has 2 rings (SSSR count). The minimum absolute atomic E-state index is 0.367. The van der Waals surface area contributed by atoms with Crippen molar-refractivity contribution in [3.05, 3.63) is 16.4 Å². The molecule has 1 aliphatic rings. The third-order valence-corrected chi connectivity index (χ3v) is 2.33. The van der Waals surface area contributed by atoms with Crippen molar-refractivity contribution >= 4 is 29.2 Å². The summed E-state index contributed by atoms with van der Waals surface area (Å²) >= 11 is 11.6. The fourth-order valence-corrected chi connectivity index (χ4v) is 1.70. The van der Waals surface area contributed by atoms with Crippen molar-refractivity contribution in [3.63, 3.8) is 0 Å². The van der Waals surface area contributed by atoms with Gasteiger partial charge in [-0.25, -0.2) is 9.97 Å². The molecule has 1 aromatic rings. The van der Waals surface area contributed by atoms with Crippen LogP contribution in [0, 0.1) is 0 Å². The van der Waals surface area contributed by atoms with E-state index in [1.165, 1.54) is 6.07 Å². The summed E-state index contributed by atoms with van der Waals surface area (Å²) in [7, 11) is 0. The van der Waals surface area contributed by atoms with Gasteiger partial charge in [0.2, 0.25) is 5.95 Å². The minimum Gasteiger partial charge on any atom is -0.378 e. The molecule has 0 saturated carbocycles. The highest BCUT2D eigenvalue weighted by molar-refractivity contribution is 6.33. The quantitative estimate of drug-likeness (QED) is 0.692. The maximum absolute atomic E-state index is 5.78. The van der Waals surface area contributed by atoms with Crippen LogP contribution in [0.1, 0.15) is 0 Å². The highest BCUT2D eigenvalue weighted by atomic mass is 35.5. The molecule has 4 nitrogen and oxygen atoms in total. The van der Waals surface area contributed by atoms with Gasteiger partial charge in [-0.3, -0.25) is 0 Å². The van der Waals surface area contributed by atoms with Gasteiger partial charge in [-0.1, -0.05) is 23.2 Å². The van der Waals surface area contributed by atoms with Crippen molar-refractivity contribution in [2.24, 2.45) is 0 Å². The van der Waals surface area contributed by atoms with Crippen LogP contribution < -0.4 is 4.90 Å². The fourth-order valence-electron chi connectivity index (χ4n) is 1.28. The van der Waals surface area contributed by atoms with Gasteiger partial charge in [-0.05, 0) is 0 Å². The Morgan fingerprint density at radius 1 is 1.14 bits per heavy atom. The van der Waals surface area contributed by atoms with E-state index in [4.69, 9.17) is 27.9 Å². The lowest BCUT2D eigenvalue weighted by molar-refractivity contribution is 0.122. The molecule has 1 fully saturated rings. The zero-order valence-electron chi connectivity index (χ0n) is 7.41. The molecular weight excluding hydrogens is 225 g/mol. The third-order valence-electron chi connectivity index (χ3n) is 1.95. The Kier molecular flexibility index (Phi) is 3.05. The molecule has 0 amide bonds. The van der Waals surface area contributed by atoms with Gasteiger partial charge in [-0.15, -0.1) is 0 Å². The maximum atomic E-state index is 5.78. The Labute approximate surface area is 91.8 Å². The summed E-state index contributed by atoms with van der Waals surface area (Å²) in [5.74, 6) is 0.575. The van der Waals surface area contributed by atoms with Crippen molar-refractivity contribution in [1.82, 2.24) is 9.97 Å². The van der Waals surface area contributed by atoms with Gasteiger partial charge in [0.15, 0.2) is 0 Å². The van der Waals surface area contributed by atoms with Crippen molar-refractivity contribution in [2.45, 2.75) is 0 Å². The molecule has 1 aliphatic heterocycles. The number of rotatable bonds is 1. The van der Waals surface area contributed by atoms with E-state index in [9.17, 15) is 0 Å². The molecule has 76 valence electrons. The first-order valence-electron chi connectivity index (χ1n) is 4.28. The lowest BCUT2D eigenvalue weighted by Gasteiger charge is -2.26. The standard InChI is InChI=1S/C8H9Cl2N3O/c9-6-5-7(10)12-8(11-6)13-1-3-14-4-2-13/h5H,1-4H2. The highest BCUT2D eigenvalue weighted by Gasteiger charge is 2.14. The fraction of sp³-hybridized carbons (Fsp3) is 0.500. The first-order valence-corrected chi connectivity index (χ1v) is 5.04. The predicted molar refractivity (Wildman–Crippen MR) is 55.1 cm³/mol. The number of aromatic nitrogens is 2. The summed E-state index contributed by atoms with van der Waals surface area (Å²) in [6, 6.07) is 1.52. The number of halogens is 2. The molecule has 0 unspecified atom stereocenters. The normalized spacial score (nSPS) is 17.1. The second kappa shape index (κ2) is 4.29. The number of hydrogen-bond acceptors (Lipinski definition) is 4. The van der Waals surface area contributed by atoms with Crippen LogP contribution in [0.25, 0.3) is 0 Å². The van der Waals surface area contributed by atoms with E-state index in [1.807, 2.05) is 4.90 Å². The average molecular weight is 234 g/mol. The molecule has 6 heteroatoms. The van der Waals surface area contributed by atoms with Crippen molar-refractivity contribution in [3.8, 4) is 0 Å². The van der Waals surface area contributed by atoms with E-state index in [1.54, 1.807) is 0 Å². The van der Waals surface area contributed by atoms with Gasteiger partial charge in [0.25, 0.3) is 0 Å². The molecule has 2 heterocycles. The Bertz CT molecular complexity index is 308. The summed E-state index contributed by atoms with van der Waals surface area (Å²) in [5, 5.41) is 0.734. The molecular formula is C8H9Cl2N3O. The van der Waals surface area contributed by atoms with Crippen molar-refractivity contribution in [1.29, 1.82) is 0 Å². The highest BCUT2D eigenvalue weighted by Crippen LogP contribution is 2.17. The topological polar surface area (TPSA) is 38.2 Å². The Hall–Kier alpha value is -0.580. The second-order valence-electron chi connectivity index (χ2n) is 2.91. The first kappa shape index (κ1) is 9.96. The lowest BCUT2D eigenvalue weighted by atomic mass is 10.4. The maximum Gasteiger partial charge on any atom is 0.228 e. The monoisotopic (exact) mass is 233 g/mol. The van der Waals surface area contributed by atoms with E-state index in [2.05, 4.69) is 9.97 Å². The number of ether oxygens (including phenoxy) is 1. The smallest absolute Gasteiger partial charge is 0.228 e. The summed E-state index contributed by atoms with van der Waals surface area (Å²) in [6.07, 6.45) is 0. The van der Waals surface area contributed by atoms with Crippen LogP contribution in [0.15, 0.2) is 6.07 Å². The molecule has 14 heavy (non-hydrogen) atoms. The summed E-state index contributed by atoms with van der Waals surface area (Å²) in [5.41, 5.74) is 0. The van der Waals surface area contributed by atoms with Crippen LogP contribution in [0.5, 0.6) is 0 Å². The molecule has 0 aliphatic carbocycles. The Morgan fingerprint density at radius 2 is 1.71 bits per heavy atom. The van der Waals surface area contributed by atoms with Crippen LogP contribution in [0.2, 0.25) is 10.3 Å². The number of hydrogen-bond donors (Lipinski definition) is 0. The summed E-state index contributed by atoms with van der Waals surface area (Å²) < 4.78 is 5.22. The van der Waals surface area contributed by atoms with Gasteiger partial charge in [-0.2, -0.15) is 0 Å². The van der Waals surface area contributed by atoms with E-state index in [-0.39, 0.29) is 0 Å². The average Bonchev–Trinajstić information content (AvgIpc) is 2.18. The number of nitrogens with zero attached hydrogens (tertiary/aromatic N) is 3. The van der Waals surface area contributed by atoms with E-state index >= 15 is 0 Å². The van der Waals surface area contributed by atoms with Crippen LogP contribution in [0.4, 0.5) is 5.95 Å². The van der Waals surface area contributed by atoms with Gasteiger partial charge in [0.1, 0.15) is 10.3 Å². The molecule has 1 aromatic heterocycles. The largest absolute Gasteiger partial charge is 0.378 e. The van der Waals surface area contributed by atoms with Crippen molar-refractivity contribution in [2.75, 3.05) is 31.2 Å². The second-order valence-corrected chi connectivity index (χ2v) is 3.69. The molecule has 0 spiro atoms. The zero-order chi connectivity index (χ0) is 9.97. The Morgan fingerprint density at radius 3 is 2.29 bits per heavy atom. The SMILES string of the molecule is Clc1cc(Cl)nc(N2CCOCC2)n1. The third kappa shape index (κ3) is 2.26. The number of anilines is 1. The van der Waals surface area contributed by atoms with Gasteiger partial charge in [0.05, 0.1) is 13.2 Å². The van der Waals surface area contributed by atoms with Crippen LogP contribution in [0.3, 0.4) is 0 Å². The van der Waals surface area contributed by atoms with E-state index in [0.29, 0.717) is 29.5 Å². The van der Waals surface area contributed by atoms with Crippen LogP contribution in [-0.4, -0.2) is 36.3 Å². The minimum atomic E-state index is 0.367. The summed E-state index contributed by atoms with van der Waals surface area (Å²) in [4.78, 5) is 10.2. The van der Waals surface area contributed by atoms with Gasteiger partial charge < -0.3 is 9.64 Å². The number of morpholine rings is 1. The van der Waals surface area contributed by atoms with Crippen molar-refractivity contribution < 1.29 is 4.74 Å². The van der Waals surface area contributed by atoms with E-state index in [0.717, 1.165) is 13.1 Å². The Balaban J connectivity index is 2.21. The summed E-state index contributed by atoms with van der Waals surface area (Å²) in [6.45, 7) is 2.92. The first-order chi connectivity index (χ1) is 6.75. The van der Waals surface area contributed by atoms with E-state index < -0.39 is 0 Å².